The first kappa shape index (κ1) is 12.8. The Bertz CT molecular complexity index is 355. The molecular formula is C11H20N4OS. The molecule has 0 spiro atoms. The summed E-state index contributed by atoms with van der Waals surface area (Å²) in [5.74, 6) is 0.330. The van der Waals surface area contributed by atoms with Crippen LogP contribution in [0.1, 0.15) is 4.88 Å². The van der Waals surface area contributed by atoms with Crippen molar-refractivity contribution in [2.45, 2.75) is 12.6 Å². The Balaban J connectivity index is 1.74. The number of aliphatic hydroxyl groups excluding tert-OH is 1. The third-order valence-electron chi connectivity index (χ3n) is 2.93. The summed E-state index contributed by atoms with van der Waals surface area (Å²) in [6.45, 7) is 3.30. The molecule has 1 aromatic rings. The molecule has 0 aromatic carbocycles. The van der Waals surface area contributed by atoms with Gasteiger partial charge >= 0.3 is 0 Å². The fourth-order valence-electron chi connectivity index (χ4n) is 1.89. The van der Waals surface area contributed by atoms with Crippen LogP contribution in [0.2, 0.25) is 0 Å². The zero-order chi connectivity index (χ0) is 12.3. The largest absolute Gasteiger partial charge is 0.391 e. The molecule has 1 saturated heterocycles. The van der Waals surface area contributed by atoms with Crippen molar-refractivity contribution in [1.29, 1.82) is 0 Å². The number of anilines is 1. The van der Waals surface area contributed by atoms with Crippen LogP contribution in [-0.4, -0.2) is 49.9 Å². The van der Waals surface area contributed by atoms with E-state index >= 15 is 0 Å². The molecule has 96 valence electrons. The van der Waals surface area contributed by atoms with Gasteiger partial charge in [-0.05, 0) is 0 Å². The molecule has 3 N–H and O–H groups in total. The average molecular weight is 256 g/mol. The van der Waals surface area contributed by atoms with E-state index in [0.29, 0.717) is 5.92 Å². The van der Waals surface area contributed by atoms with Crippen molar-refractivity contribution >= 4 is 16.5 Å². The Kier molecular flexibility index (Phi) is 4.33. The second-order valence-electron chi connectivity index (χ2n) is 4.62. The molecule has 5 nitrogen and oxygen atoms in total. The van der Waals surface area contributed by atoms with Crippen LogP contribution in [0.5, 0.6) is 0 Å². The Morgan fingerprint density at radius 1 is 1.59 bits per heavy atom. The van der Waals surface area contributed by atoms with Gasteiger partial charge in [-0.25, -0.2) is 4.98 Å². The number of rotatable bonds is 5. The third-order valence-corrected chi connectivity index (χ3v) is 4.10. The highest BCUT2D eigenvalue weighted by atomic mass is 32.1. The van der Waals surface area contributed by atoms with Crippen molar-refractivity contribution in [2.75, 3.05) is 38.6 Å². The predicted molar refractivity (Wildman–Crippen MR) is 70.5 cm³/mol. The SMILES string of the molecule is CN(C)c1ncc(CNCC2CNCC2O)s1. The van der Waals surface area contributed by atoms with Crippen LogP contribution >= 0.6 is 11.3 Å². The van der Waals surface area contributed by atoms with E-state index in [1.165, 1.54) is 4.88 Å². The second-order valence-corrected chi connectivity index (χ2v) is 5.71. The smallest absolute Gasteiger partial charge is 0.185 e. The number of hydrogen-bond acceptors (Lipinski definition) is 6. The third kappa shape index (κ3) is 3.38. The highest BCUT2D eigenvalue weighted by Gasteiger charge is 2.24. The van der Waals surface area contributed by atoms with Crippen LogP contribution in [-0.2, 0) is 6.54 Å². The quantitative estimate of drug-likeness (QED) is 0.685. The van der Waals surface area contributed by atoms with Gasteiger partial charge in [0.25, 0.3) is 0 Å². The number of nitrogens with zero attached hydrogens (tertiary/aromatic N) is 2. The minimum absolute atomic E-state index is 0.207. The van der Waals surface area contributed by atoms with Crippen molar-refractivity contribution in [2.24, 2.45) is 5.92 Å². The van der Waals surface area contributed by atoms with Crippen LogP contribution in [0.25, 0.3) is 0 Å². The lowest BCUT2D eigenvalue weighted by molar-refractivity contribution is 0.146. The summed E-state index contributed by atoms with van der Waals surface area (Å²) in [6, 6.07) is 0. The first-order chi connectivity index (χ1) is 8.16. The summed E-state index contributed by atoms with van der Waals surface area (Å²) in [5.41, 5.74) is 0. The van der Waals surface area contributed by atoms with Crippen LogP contribution in [0.15, 0.2) is 6.20 Å². The van der Waals surface area contributed by atoms with E-state index in [9.17, 15) is 5.11 Å². The summed E-state index contributed by atoms with van der Waals surface area (Å²) in [7, 11) is 3.99. The lowest BCUT2D eigenvalue weighted by Gasteiger charge is -2.13. The van der Waals surface area contributed by atoms with Gasteiger partial charge in [0.15, 0.2) is 5.13 Å². The number of hydrogen-bond donors (Lipinski definition) is 3. The van der Waals surface area contributed by atoms with Crippen LogP contribution < -0.4 is 15.5 Å². The zero-order valence-electron chi connectivity index (χ0n) is 10.3. The lowest BCUT2D eigenvalue weighted by Crippen LogP contribution is -2.29. The van der Waals surface area contributed by atoms with Crippen LogP contribution in [0.4, 0.5) is 5.13 Å². The van der Waals surface area contributed by atoms with E-state index in [1.54, 1.807) is 11.3 Å². The molecule has 1 aromatic heterocycles. The van der Waals surface area contributed by atoms with Gasteiger partial charge in [-0.15, -0.1) is 11.3 Å². The topological polar surface area (TPSA) is 60.4 Å². The molecule has 1 aliphatic heterocycles. The molecule has 6 heteroatoms. The maximum Gasteiger partial charge on any atom is 0.185 e. The molecule has 2 unspecified atom stereocenters. The van der Waals surface area contributed by atoms with E-state index in [-0.39, 0.29) is 6.10 Å². The molecule has 17 heavy (non-hydrogen) atoms. The minimum Gasteiger partial charge on any atom is -0.391 e. The molecule has 2 rings (SSSR count). The van der Waals surface area contributed by atoms with E-state index in [4.69, 9.17) is 0 Å². The van der Waals surface area contributed by atoms with E-state index in [1.807, 2.05) is 25.2 Å². The van der Waals surface area contributed by atoms with Crippen molar-refractivity contribution in [3.05, 3.63) is 11.1 Å². The number of aliphatic hydroxyl groups is 1. The predicted octanol–water partition coefficient (Wildman–Crippen LogP) is -0.121. The Morgan fingerprint density at radius 3 is 3.00 bits per heavy atom. The fraction of sp³-hybridized carbons (Fsp3) is 0.727. The van der Waals surface area contributed by atoms with Gasteiger partial charge in [0.2, 0.25) is 0 Å². The highest BCUT2D eigenvalue weighted by Crippen LogP contribution is 2.20. The van der Waals surface area contributed by atoms with E-state index < -0.39 is 0 Å². The second kappa shape index (κ2) is 5.77. The summed E-state index contributed by atoms with van der Waals surface area (Å²) in [6.07, 6.45) is 1.71. The Labute approximate surface area is 106 Å². The Hall–Kier alpha value is -0.690. The lowest BCUT2D eigenvalue weighted by atomic mass is 10.1. The van der Waals surface area contributed by atoms with Gasteiger partial charge in [-0.1, -0.05) is 0 Å². The summed E-state index contributed by atoms with van der Waals surface area (Å²) >= 11 is 1.70. The maximum atomic E-state index is 9.64. The zero-order valence-corrected chi connectivity index (χ0v) is 11.1. The number of β-amino-alcohol motifs (C(OH)–C–C–N with tert-alkyl or cyclic N) is 1. The molecule has 2 heterocycles. The van der Waals surface area contributed by atoms with Crippen molar-refractivity contribution in [3.8, 4) is 0 Å². The first-order valence-electron chi connectivity index (χ1n) is 5.88. The molecule has 0 aliphatic carbocycles. The van der Waals surface area contributed by atoms with Gasteiger partial charge in [-0.2, -0.15) is 0 Å². The van der Waals surface area contributed by atoms with Gasteiger partial charge in [0.05, 0.1) is 6.10 Å². The monoisotopic (exact) mass is 256 g/mol. The van der Waals surface area contributed by atoms with E-state index in [0.717, 1.165) is 31.3 Å². The molecular weight excluding hydrogens is 236 g/mol. The minimum atomic E-state index is -0.207. The highest BCUT2D eigenvalue weighted by molar-refractivity contribution is 7.15. The maximum absolute atomic E-state index is 9.64. The van der Waals surface area contributed by atoms with Gasteiger partial charge in [-0.3, -0.25) is 0 Å². The van der Waals surface area contributed by atoms with Crippen molar-refractivity contribution < 1.29 is 5.11 Å². The first-order valence-corrected chi connectivity index (χ1v) is 6.70. The Morgan fingerprint density at radius 2 is 2.41 bits per heavy atom. The molecule has 0 amide bonds. The molecule has 2 atom stereocenters. The molecule has 1 fully saturated rings. The van der Waals surface area contributed by atoms with Crippen LogP contribution in [0.3, 0.4) is 0 Å². The van der Waals surface area contributed by atoms with Gasteiger partial charge in [0, 0.05) is 57.3 Å². The van der Waals surface area contributed by atoms with Crippen molar-refractivity contribution in [3.63, 3.8) is 0 Å². The van der Waals surface area contributed by atoms with Crippen molar-refractivity contribution in [1.82, 2.24) is 15.6 Å². The molecule has 0 saturated carbocycles. The fourth-order valence-corrected chi connectivity index (χ4v) is 2.70. The molecule has 1 aliphatic rings. The molecule has 0 radical (unpaired) electrons. The number of nitrogens with one attached hydrogen (secondary N) is 2. The standard InChI is InChI=1S/C11H20N4OS/c1-15(2)11-14-6-9(17-11)5-12-3-8-4-13-7-10(8)16/h6,8,10,12-13,16H,3-5,7H2,1-2H3. The number of thiazole rings is 1. The van der Waals surface area contributed by atoms with Gasteiger partial charge in [0.1, 0.15) is 0 Å². The van der Waals surface area contributed by atoms with Gasteiger partial charge < -0.3 is 20.6 Å². The number of aromatic nitrogens is 1. The summed E-state index contributed by atoms with van der Waals surface area (Å²) in [5, 5.41) is 17.2. The van der Waals surface area contributed by atoms with Crippen LogP contribution in [0, 0.1) is 5.92 Å². The molecule has 0 bridgehead atoms. The normalized spacial score (nSPS) is 24.2. The van der Waals surface area contributed by atoms with E-state index in [2.05, 4.69) is 15.6 Å². The summed E-state index contributed by atoms with van der Waals surface area (Å²) in [4.78, 5) is 7.57. The average Bonchev–Trinajstić information content (AvgIpc) is 2.89. The summed E-state index contributed by atoms with van der Waals surface area (Å²) < 4.78 is 0.